The summed E-state index contributed by atoms with van der Waals surface area (Å²) in [6.07, 6.45) is 0.613. The predicted octanol–water partition coefficient (Wildman–Crippen LogP) is 3.25. The molecule has 0 spiro atoms. The van der Waals surface area contributed by atoms with E-state index in [1.165, 1.54) is 17.0 Å². The van der Waals surface area contributed by atoms with Gasteiger partial charge in [-0.1, -0.05) is 31.2 Å². The molecule has 0 heterocycles. The third-order valence-corrected chi connectivity index (χ3v) is 4.57. The topological polar surface area (TPSA) is 119 Å². The monoisotopic (exact) mass is 427 g/mol. The van der Waals surface area contributed by atoms with E-state index >= 15 is 0 Å². The van der Waals surface area contributed by atoms with Crippen molar-refractivity contribution < 1.29 is 24.0 Å². The molecule has 31 heavy (non-hydrogen) atoms. The van der Waals surface area contributed by atoms with E-state index in [1.54, 1.807) is 19.1 Å². The first-order valence-electron chi connectivity index (χ1n) is 9.78. The van der Waals surface area contributed by atoms with Gasteiger partial charge in [0, 0.05) is 23.9 Å². The molecule has 0 atom stereocenters. The molecule has 9 heteroatoms. The van der Waals surface area contributed by atoms with E-state index in [9.17, 15) is 24.5 Å². The number of benzene rings is 2. The molecule has 2 rings (SSSR count). The van der Waals surface area contributed by atoms with Crippen molar-refractivity contribution in [3.05, 3.63) is 69.3 Å². The molecular weight excluding hydrogens is 402 g/mol. The Kier molecular flexibility index (Phi) is 8.25. The van der Waals surface area contributed by atoms with Crippen LogP contribution in [0, 0.1) is 24.0 Å². The minimum absolute atomic E-state index is 0.0237. The summed E-state index contributed by atoms with van der Waals surface area (Å²) in [6, 6.07) is 11.2. The summed E-state index contributed by atoms with van der Waals surface area (Å²) in [6.45, 7) is 4.83. The largest absolute Gasteiger partial charge is 0.452 e. The molecule has 0 fully saturated rings. The van der Waals surface area contributed by atoms with Gasteiger partial charge in [-0.2, -0.15) is 0 Å². The van der Waals surface area contributed by atoms with Crippen LogP contribution in [0.15, 0.2) is 42.5 Å². The van der Waals surface area contributed by atoms with Gasteiger partial charge in [-0.25, -0.2) is 4.79 Å². The average Bonchev–Trinajstić information content (AvgIpc) is 2.73. The molecule has 164 valence electrons. The number of amides is 2. The number of aryl methyl sites for hydroxylation is 2. The van der Waals surface area contributed by atoms with Gasteiger partial charge in [-0.3, -0.25) is 19.7 Å². The lowest BCUT2D eigenvalue weighted by Crippen LogP contribution is -2.40. The molecule has 0 radical (unpaired) electrons. The molecule has 0 aliphatic rings. The number of carbonyl (C=O) groups excluding carboxylic acids is 3. The first-order chi connectivity index (χ1) is 14.7. The molecule has 0 aliphatic carbocycles. The van der Waals surface area contributed by atoms with E-state index in [4.69, 9.17) is 4.74 Å². The SMILES string of the molecule is CCCN(CC(=O)Nc1ccccc1C)C(=O)COC(=O)c1ccc(C)c([N+](=O)[O-])c1. The van der Waals surface area contributed by atoms with Crippen LogP contribution in [-0.4, -0.2) is 47.3 Å². The highest BCUT2D eigenvalue weighted by Gasteiger charge is 2.20. The van der Waals surface area contributed by atoms with Crippen molar-refractivity contribution >= 4 is 29.2 Å². The maximum absolute atomic E-state index is 12.5. The quantitative estimate of drug-likeness (QED) is 0.373. The lowest BCUT2D eigenvalue weighted by molar-refractivity contribution is -0.385. The van der Waals surface area contributed by atoms with E-state index in [0.29, 0.717) is 24.2 Å². The number of para-hydroxylation sites is 1. The van der Waals surface area contributed by atoms with Gasteiger partial charge in [-0.05, 0) is 38.0 Å². The molecule has 1 N–H and O–H groups in total. The van der Waals surface area contributed by atoms with Crippen LogP contribution in [0.3, 0.4) is 0 Å². The van der Waals surface area contributed by atoms with E-state index in [2.05, 4.69) is 5.32 Å². The lowest BCUT2D eigenvalue weighted by atomic mass is 10.1. The van der Waals surface area contributed by atoms with Crippen LogP contribution in [0.2, 0.25) is 0 Å². The Morgan fingerprint density at radius 1 is 1.10 bits per heavy atom. The highest BCUT2D eigenvalue weighted by molar-refractivity contribution is 5.96. The lowest BCUT2D eigenvalue weighted by Gasteiger charge is -2.21. The molecular formula is C22H25N3O6. The number of hydrogen-bond acceptors (Lipinski definition) is 6. The van der Waals surface area contributed by atoms with Crippen molar-refractivity contribution in [3.8, 4) is 0 Å². The molecule has 0 saturated heterocycles. The fourth-order valence-electron chi connectivity index (χ4n) is 2.87. The van der Waals surface area contributed by atoms with Crippen LogP contribution in [0.5, 0.6) is 0 Å². The number of nitro groups is 1. The fourth-order valence-corrected chi connectivity index (χ4v) is 2.87. The van der Waals surface area contributed by atoms with Crippen LogP contribution in [0.4, 0.5) is 11.4 Å². The third kappa shape index (κ3) is 6.63. The predicted molar refractivity (Wildman–Crippen MR) is 115 cm³/mol. The standard InChI is InChI=1S/C22H25N3O6/c1-4-11-24(13-20(26)23-18-8-6-5-7-15(18)2)21(27)14-31-22(28)17-10-9-16(3)19(12-17)25(29)30/h5-10,12H,4,11,13-14H2,1-3H3,(H,23,26). The normalized spacial score (nSPS) is 10.3. The maximum Gasteiger partial charge on any atom is 0.338 e. The Bertz CT molecular complexity index is 989. The number of ether oxygens (including phenoxy) is 1. The van der Waals surface area contributed by atoms with Gasteiger partial charge < -0.3 is 15.0 Å². The molecule has 0 saturated carbocycles. The number of anilines is 1. The number of carbonyl (C=O) groups is 3. The highest BCUT2D eigenvalue weighted by Crippen LogP contribution is 2.19. The first-order valence-corrected chi connectivity index (χ1v) is 9.78. The van der Waals surface area contributed by atoms with Crippen molar-refractivity contribution in [1.82, 2.24) is 4.90 Å². The van der Waals surface area contributed by atoms with Gasteiger partial charge in [0.25, 0.3) is 11.6 Å². The Hall–Kier alpha value is -3.75. The van der Waals surface area contributed by atoms with Gasteiger partial charge in [0.1, 0.15) is 0 Å². The van der Waals surface area contributed by atoms with Crippen molar-refractivity contribution in [2.75, 3.05) is 25.0 Å². The van der Waals surface area contributed by atoms with E-state index in [0.717, 1.165) is 11.6 Å². The maximum atomic E-state index is 12.5. The summed E-state index contributed by atoms with van der Waals surface area (Å²) in [5.41, 5.74) is 1.73. The number of nitrogens with one attached hydrogen (secondary N) is 1. The minimum atomic E-state index is -0.850. The third-order valence-electron chi connectivity index (χ3n) is 4.57. The van der Waals surface area contributed by atoms with Gasteiger partial charge in [0.05, 0.1) is 17.0 Å². The zero-order valence-electron chi connectivity index (χ0n) is 17.7. The number of esters is 1. The highest BCUT2D eigenvalue weighted by atomic mass is 16.6. The first kappa shape index (κ1) is 23.5. The van der Waals surface area contributed by atoms with Crippen LogP contribution in [0.1, 0.15) is 34.8 Å². The number of nitrogens with zero attached hydrogens (tertiary/aromatic N) is 2. The van der Waals surface area contributed by atoms with Crippen molar-refractivity contribution in [2.24, 2.45) is 0 Å². The molecule has 0 aliphatic heterocycles. The summed E-state index contributed by atoms with van der Waals surface area (Å²) in [5, 5.41) is 13.8. The van der Waals surface area contributed by atoms with Gasteiger partial charge >= 0.3 is 5.97 Å². The van der Waals surface area contributed by atoms with E-state index < -0.39 is 23.4 Å². The fraction of sp³-hybridized carbons (Fsp3) is 0.318. The van der Waals surface area contributed by atoms with Crippen molar-refractivity contribution in [2.45, 2.75) is 27.2 Å². The second-order valence-electron chi connectivity index (χ2n) is 7.01. The van der Waals surface area contributed by atoms with E-state index in [-0.39, 0.29) is 23.7 Å². The minimum Gasteiger partial charge on any atom is -0.452 e. The Morgan fingerprint density at radius 2 is 1.81 bits per heavy atom. The molecule has 0 unspecified atom stereocenters. The number of hydrogen-bond donors (Lipinski definition) is 1. The average molecular weight is 427 g/mol. The smallest absolute Gasteiger partial charge is 0.338 e. The zero-order valence-corrected chi connectivity index (χ0v) is 17.7. The zero-order chi connectivity index (χ0) is 23.0. The number of rotatable bonds is 9. The van der Waals surface area contributed by atoms with E-state index in [1.807, 2.05) is 26.0 Å². The Balaban J connectivity index is 1.98. The van der Waals surface area contributed by atoms with Gasteiger partial charge in [-0.15, -0.1) is 0 Å². The van der Waals surface area contributed by atoms with Crippen LogP contribution in [-0.2, 0) is 14.3 Å². The molecule has 9 nitrogen and oxygen atoms in total. The molecule has 2 amide bonds. The molecule has 0 bridgehead atoms. The second kappa shape index (κ2) is 10.9. The van der Waals surface area contributed by atoms with Crippen LogP contribution < -0.4 is 5.32 Å². The van der Waals surface area contributed by atoms with Crippen molar-refractivity contribution in [1.29, 1.82) is 0 Å². The van der Waals surface area contributed by atoms with Crippen LogP contribution in [0.25, 0.3) is 0 Å². The van der Waals surface area contributed by atoms with Crippen molar-refractivity contribution in [3.63, 3.8) is 0 Å². The molecule has 2 aromatic carbocycles. The summed E-state index contributed by atoms with van der Waals surface area (Å²) in [7, 11) is 0. The second-order valence-corrected chi connectivity index (χ2v) is 7.01. The van der Waals surface area contributed by atoms with Gasteiger partial charge in [0.15, 0.2) is 6.61 Å². The Morgan fingerprint density at radius 3 is 2.45 bits per heavy atom. The summed E-state index contributed by atoms with van der Waals surface area (Å²) >= 11 is 0. The van der Waals surface area contributed by atoms with Gasteiger partial charge in [0.2, 0.25) is 5.91 Å². The molecule has 2 aromatic rings. The summed E-state index contributed by atoms with van der Waals surface area (Å²) < 4.78 is 5.03. The summed E-state index contributed by atoms with van der Waals surface area (Å²) in [5.74, 6) is -1.74. The molecule has 0 aromatic heterocycles. The summed E-state index contributed by atoms with van der Waals surface area (Å²) in [4.78, 5) is 48.9. The van der Waals surface area contributed by atoms with Crippen LogP contribution >= 0.6 is 0 Å². The number of nitro benzene ring substituents is 1. The Labute approximate surface area is 180 Å².